The fourth-order valence-electron chi connectivity index (χ4n) is 5.34. The van der Waals surface area contributed by atoms with E-state index < -0.39 is 107 Å². The first kappa shape index (κ1) is 28.6. The van der Waals surface area contributed by atoms with Crippen LogP contribution >= 0.6 is 0 Å². The molecule has 0 saturated heterocycles. The smallest absolute Gasteiger partial charge is 0.490 e. The first-order valence-electron chi connectivity index (χ1n) is 11.2. The molecule has 3 atom stereocenters. The summed E-state index contributed by atoms with van der Waals surface area (Å²) in [7, 11) is -10.2. The second-order valence-corrected chi connectivity index (χ2v) is 13.7. The Labute approximate surface area is 212 Å². The van der Waals surface area contributed by atoms with Crippen molar-refractivity contribution < 1.29 is 56.7 Å². The Bertz CT molecular complexity index is 1430. The Balaban J connectivity index is 1.78. The van der Waals surface area contributed by atoms with Crippen molar-refractivity contribution in [1.29, 1.82) is 0 Å². The molecule has 0 bridgehead atoms. The standard InChI is InChI=1S/C23H20F8O5S2/c24-17-5-6-18(25)20-19(17)21(38(34,35)16-3-1-14(2-4-16)22(26,27)28)9-7-13(11-15(21)12-36-20)8-10-37(32,33)23(29,30)31/h1-6,13,15H,7-12H2/t13-,15+,21-/m0/s1. The van der Waals surface area contributed by atoms with Crippen LogP contribution in [0.15, 0.2) is 41.3 Å². The molecule has 4 rings (SSSR count). The number of hydrogen-bond acceptors (Lipinski definition) is 5. The second-order valence-electron chi connectivity index (χ2n) is 9.35. The largest absolute Gasteiger partial charge is 0.497 e. The van der Waals surface area contributed by atoms with E-state index in [9.17, 15) is 47.6 Å². The fraction of sp³-hybridized carbons (Fsp3) is 0.478. The molecule has 2 aliphatic rings. The SMILES string of the molecule is O=S(=O)(CC[C@@H]1CC[C@@]2(S(=O)(=O)c3ccc(C(F)(F)F)cc3)c3c(F)ccc(F)c3OC[C@H]2C1)C(F)(F)F. The predicted octanol–water partition coefficient (Wildman–Crippen LogP) is 5.79. The maximum atomic E-state index is 15.2. The Kier molecular flexibility index (Phi) is 7.03. The molecule has 2 aromatic carbocycles. The minimum absolute atomic E-state index is 0.168. The zero-order valence-electron chi connectivity index (χ0n) is 19.2. The van der Waals surface area contributed by atoms with Gasteiger partial charge in [-0.2, -0.15) is 26.3 Å². The van der Waals surface area contributed by atoms with Crippen LogP contribution in [0, 0.1) is 23.5 Å². The molecule has 0 spiro atoms. The van der Waals surface area contributed by atoms with Gasteiger partial charge in [-0.1, -0.05) is 0 Å². The first-order chi connectivity index (χ1) is 17.4. The molecule has 2 aromatic rings. The third kappa shape index (κ3) is 4.65. The summed E-state index contributed by atoms with van der Waals surface area (Å²) in [5.41, 5.74) is -7.25. The van der Waals surface area contributed by atoms with Crippen molar-refractivity contribution in [3.8, 4) is 5.75 Å². The molecule has 15 heteroatoms. The summed E-state index contributed by atoms with van der Waals surface area (Å²) in [6.07, 6.45) is -6.05. The molecule has 1 heterocycles. The van der Waals surface area contributed by atoms with Gasteiger partial charge in [-0.05, 0) is 68.0 Å². The van der Waals surface area contributed by atoms with Crippen molar-refractivity contribution in [3.05, 3.63) is 59.2 Å². The van der Waals surface area contributed by atoms with Gasteiger partial charge in [-0.15, -0.1) is 0 Å². The van der Waals surface area contributed by atoms with Crippen LogP contribution in [0.1, 0.15) is 36.8 Å². The summed E-state index contributed by atoms with van der Waals surface area (Å²) in [4.78, 5) is -0.592. The van der Waals surface area contributed by atoms with E-state index in [0.29, 0.717) is 30.3 Å². The molecular formula is C23H20F8O5S2. The zero-order valence-corrected chi connectivity index (χ0v) is 20.9. The van der Waals surface area contributed by atoms with Crippen LogP contribution in [-0.2, 0) is 30.6 Å². The minimum Gasteiger partial charge on any atom is -0.490 e. The van der Waals surface area contributed by atoms with E-state index in [1.165, 1.54) is 0 Å². The molecule has 0 unspecified atom stereocenters. The quantitative estimate of drug-likeness (QED) is 0.411. The molecule has 1 aliphatic heterocycles. The van der Waals surface area contributed by atoms with Crippen LogP contribution in [0.4, 0.5) is 35.1 Å². The summed E-state index contributed by atoms with van der Waals surface area (Å²) in [6.45, 7) is -0.490. The summed E-state index contributed by atoms with van der Waals surface area (Å²) >= 11 is 0. The van der Waals surface area contributed by atoms with Gasteiger partial charge < -0.3 is 4.74 Å². The van der Waals surface area contributed by atoms with Gasteiger partial charge in [0, 0.05) is 5.92 Å². The van der Waals surface area contributed by atoms with Crippen LogP contribution in [0.3, 0.4) is 0 Å². The van der Waals surface area contributed by atoms with E-state index >= 15 is 4.39 Å². The highest BCUT2D eigenvalue weighted by molar-refractivity contribution is 7.92. The number of alkyl halides is 6. The van der Waals surface area contributed by atoms with Crippen LogP contribution in [0.5, 0.6) is 5.75 Å². The summed E-state index contributed by atoms with van der Waals surface area (Å²) in [5.74, 6) is -6.01. The van der Waals surface area contributed by atoms with E-state index in [0.717, 1.165) is 6.07 Å². The van der Waals surface area contributed by atoms with Gasteiger partial charge in [0.15, 0.2) is 21.4 Å². The van der Waals surface area contributed by atoms with E-state index in [1.54, 1.807) is 0 Å². The van der Waals surface area contributed by atoms with E-state index in [2.05, 4.69) is 0 Å². The monoisotopic (exact) mass is 592 g/mol. The number of rotatable bonds is 5. The van der Waals surface area contributed by atoms with Gasteiger partial charge in [0.1, 0.15) is 10.6 Å². The van der Waals surface area contributed by atoms with Crippen molar-refractivity contribution in [1.82, 2.24) is 0 Å². The van der Waals surface area contributed by atoms with Crippen LogP contribution in [-0.4, -0.2) is 34.7 Å². The highest BCUT2D eigenvalue weighted by Gasteiger charge is 2.60. The van der Waals surface area contributed by atoms with Crippen LogP contribution in [0.2, 0.25) is 0 Å². The fourth-order valence-corrected chi connectivity index (χ4v) is 8.58. The molecule has 38 heavy (non-hydrogen) atoms. The molecule has 1 saturated carbocycles. The maximum Gasteiger partial charge on any atom is 0.497 e. The van der Waals surface area contributed by atoms with Crippen molar-refractivity contribution in [2.45, 2.75) is 47.0 Å². The van der Waals surface area contributed by atoms with Crippen molar-refractivity contribution >= 4 is 19.7 Å². The van der Waals surface area contributed by atoms with Gasteiger partial charge in [0.25, 0.3) is 0 Å². The van der Waals surface area contributed by atoms with Gasteiger partial charge in [-0.25, -0.2) is 25.6 Å². The van der Waals surface area contributed by atoms with Crippen LogP contribution < -0.4 is 4.74 Å². The summed E-state index contributed by atoms with van der Waals surface area (Å²) in [5, 5.41) is 0. The van der Waals surface area contributed by atoms with E-state index in [-0.39, 0.29) is 12.8 Å². The van der Waals surface area contributed by atoms with E-state index in [4.69, 9.17) is 4.74 Å². The van der Waals surface area contributed by atoms with Crippen molar-refractivity contribution in [2.24, 2.45) is 11.8 Å². The average molecular weight is 593 g/mol. The molecule has 5 nitrogen and oxygen atoms in total. The number of hydrogen-bond donors (Lipinski definition) is 0. The minimum atomic E-state index is -5.47. The lowest BCUT2D eigenvalue weighted by Gasteiger charge is -2.49. The highest BCUT2D eigenvalue weighted by Crippen LogP contribution is 2.58. The average Bonchev–Trinajstić information content (AvgIpc) is 2.83. The lowest BCUT2D eigenvalue weighted by Crippen LogP contribution is -2.52. The lowest BCUT2D eigenvalue weighted by atomic mass is 9.68. The topological polar surface area (TPSA) is 77.5 Å². The molecule has 1 aliphatic carbocycles. The second kappa shape index (κ2) is 9.35. The molecule has 0 radical (unpaired) electrons. The number of halogens is 8. The Morgan fingerprint density at radius 3 is 2.08 bits per heavy atom. The summed E-state index contributed by atoms with van der Waals surface area (Å²) in [6, 6.07) is 3.89. The van der Waals surface area contributed by atoms with Gasteiger partial charge in [-0.3, -0.25) is 0 Å². The lowest BCUT2D eigenvalue weighted by molar-refractivity contribution is -0.137. The Morgan fingerprint density at radius 2 is 1.50 bits per heavy atom. The zero-order chi connectivity index (χ0) is 28.3. The third-order valence-corrected chi connectivity index (χ3v) is 11.3. The molecule has 210 valence electrons. The van der Waals surface area contributed by atoms with Gasteiger partial charge in [0.2, 0.25) is 9.84 Å². The van der Waals surface area contributed by atoms with Crippen molar-refractivity contribution in [2.75, 3.05) is 12.4 Å². The maximum absolute atomic E-state index is 15.2. The number of ether oxygens (including phenoxy) is 1. The summed E-state index contributed by atoms with van der Waals surface area (Å²) < 4.78 is 161. The molecule has 0 amide bonds. The number of sulfone groups is 2. The van der Waals surface area contributed by atoms with Gasteiger partial charge >= 0.3 is 11.7 Å². The highest BCUT2D eigenvalue weighted by atomic mass is 32.2. The molecule has 0 N–H and O–H groups in total. The Morgan fingerprint density at radius 1 is 0.895 bits per heavy atom. The third-order valence-electron chi connectivity index (χ3n) is 7.23. The predicted molar refractivity (Wildman–Crippen MR) is 117 cm³/mol. The van der Waals surface area contributed by atoms with Crippen molar-refractivity contribution in [3.63, 3.8) is 0 Å². The number of fused-ring (bicyclic) bond motifs is 3. The molecule has 1 fully saturated rings. The Hall–Kier alpha value is -2.42. The number of benzene rings is 2. The first-order valence-corrected chi connectivity index (χ1v) is 14.4. The molecule has 0 aromatic heterocycles. The normalized spacial score (nSPS) is 24.3. The molecular weight excluding hydrogens is 572 g/mol. The van der Waals surface area contributed by atoms with E-state index in [1.807, 2.05) is 0 Å². The van der Waals surface area contributed by atoms with Crippen LogP contribution in [0.25, 0.3) is 0 Å². The van der Waals surface area contributed by atoms with Gasteiger partial charge in [0.05, 0.1) is 28.4 Å².